The number of fused-ring (bicyclic) bond motifs is 8. The van der Waals surface area contributed by atoms with Crippen molar-refractivity contribution < 1.29 is 0 Å². The molecular formula is C22H18N4. The van der Waals surface area contributed by atoms with Crippen molar-refractivity contribution in [2.24, 2.45) is 0 Å². The minimum Gasteiger partial charge on any atom is -0.355 e. The van der Waals surface area contributed by atoms with Crippen LogP contribution in [0.3, 0.4) is 0 Å². The minimum atomic E-state index is 0.918. The average molecular weight is 338 g/mol. The quantitative estimate of drug-likeness (QED) is 0.440. The zero-order valence-electron chi connectivity index (χ0n) is 14.5. The van der Waals surface area contributed by atoms with Gasteiger partial charge in [-0.15, -0.1) is 0 Å². The molecule has 0 aliphatic carbocycles. The molecule has 2 aliphatic rings. The first kappa shape index (κ1) is 14.9. The minimum absolute atomic E-state index is 0.918. The average Bonchev–Trinajstić information content (AvgIpc) is 3.39. The van der Waals surface area contributed by atoms with Gasteiger partial charge in [-0.05, 0) is 78.8 Å². The summed E-state index contributed by atoms with van der Waals surface area (Å²) in [4.78, 5) is 16.3. The van der Waals surface area contributed by atoms with Crippen LogP contribution in [0.5, 0.6) is 0 Å². The largest absolute Gasteiger partial charge is 0.355 e. The summed E-state index contributed by atoms with van der Waals surface area (Å²) >= 11 is 0. The van der Waals surface area contributed by atoms with Gasteiger partial charge in [0.15, 0.2) is 0 Å². The Morgan fingerprint density at radius 3 is 1.88 bits per heavy atom. The van der Waals surface area contributed by atoms with Crippen LogP contribution >= 0.6 is 0 Å². The second-order valence-electron chi connectivity index (χ2n) is 6.55. The number of aromatic amines is 2. The summed E-state index contributed by atoms with van der Waals surface area (Å²) in [6, 6.07) is 14.7. The molecule has 0 unspecified atom stereocenters. The van der Waals surface area contributed by atoms with Crippen LogP contribution in [-0.4, -0.2) is 19.9 Å². The Bertz CT molecular complexity index is 1220. The van der Waals surface area contributed by atoms with Gasteiger partial charge in [0.05, 0.1) is 22.8 Å². The van der Waals surface area contributed by atoms with Gasteiger partial charge in [-0.2, -0.15) is 0 Å². The van der Waals surface area contributed by atoms with Crippen LogP contribution in [0.15, 0.2) is 42.5 Å². The lowest BCUT2D eigenvalue weighted by molar-refractivity contribution is 1.16. The van der Waals surface area contributed by atoms with E-state index in [1.54, 1.807) is 0 Å². The number of rotatable bonds is 1. The Morgan fingerprint density at radius 2 is 1.23 bits per heavy atom. The highest BCUT2D eigenvalue weighted by Crippen LogP contribution is 2.19. The molecule has 8 bridgehead atoms. The Balaban J connectivity index is 1.86. The predicted octanol–water partition coefficient (Wildman–Crippen LogP) is 5.22. The maximum atomic E-state index is 4.68. The predicted molar refractivity (Wildman–Crippen MR) is 108 cm³/mol. The van der Waals surface area contributed by atoms with Crippen molar-refractivity contribution in [3.05, 3.63) is 70.8 Å². The number of hydrogen-bond acceptors (Lipinski definition) is 2. The Kier molecular flexibility index (Phi) is 3.35. The smallest absolute Gasteiger partial charge is 0.0659 e. The fourth-order valence-electron chi connectivity index (χ4n) is 3.37. The third-order valence-electron chi connectivity index (χ3n) is 4.64. The fourth-order valence-corrected chi connectivity index (χ4v) is 3.37. The highest BCUT2D eigenvalue weighted by molar-refractivity contribution is 5.78. The number of aromatic nitrogens is 4. The molecule has 0 aromatic carbocycles. The van der Waals surface area contributed by atoms with E-state index in [0.717, 1.165) is 51.3 Å². The SMILES string of the molecule is CCc1cc2cc3nc(cc4nc(cc5ccc(cc1[nH]2)[nH]5)C=C4)C=C3. The van der Waals surface area contributed by atoms with Crippen LogP contribution in [0, 0.1) is 0 Å². The van der Waals surface area contributed by atoms with Gasteiger partial charge in [-0.25, -0.2) is 9.97 Å². The first-order valence-electron chi connectivity index (χ1n) is 8.82. The Morgan fingerprint density at radius 1 is 0.654 bits per heavy atom. The molecule has 4 heteroatoms. The molecule has 0 spiro atoms. The van der Waals surface area contributed by atoms with Crippen molar-refractivity contribution in [1.29, 1.82) is 0 Å². The molecule has 4 nitrogen and oxygen atoms in total. The standard InChI is InChI=1S/C22H18N4/c1-2-14-9-21-12-19-6-5-17(24-19)10-15-3-4-16(23-15)11-18-7-8-20(25-18)13-22(14)26-21/h3-13,25-26H,2H2,1H3. The van der Waals surface area contributed by atoms with E-state index in [0.29, 0.717) is 0 Å². The molecule has 26 heavy (non-hydrogen) atoms. The van der Waals surface area contributed by atoms with E-state index >= 15 is 0 Å². The highest BCUT2D eigenvalue weighted by atomic mass is 14.8. The maximum absolute atomic E-state index is 4.68. The van der Waals surface area contributed by atoms with Crippen LogP contribution in [0.1, 0.15) is 35.3 Å². The third kappa shape index (κ3) is 2.75. The molecule has 5 rings (SSSR count). The van der Waals surface area contributed by atoms with Crippen LogP contribution < -0.4 is 0 Å². The van der Waals surface area contributed by atoms with Crippen LogP contribution in [-0.2, 0) is 6.42 Å². The molecule has 2 N–H and O–H groups in total. The normalized spacial score (nSPS) is 12.7. The van der Waals surface area contributed by atoms with Crippen molar-refractivity contribution in [1.82, 2.24) is 19.9 Å². The Labute approximate surface area is 151 Å². The molecule has 126 valence electrons. The van der Waals surface area contributed by atoms with Crippen LogP contribution in [0.2, 0.25) is 0 Å². The van der Waals surface area contributed by atoms with Crippen LogP contribution in [0.4, 0.5) is 0 Å². The van der Waals surface area contributed by atoms with Crippen molar-refractivity contribution in [3.8, 4) is 0 Å². The summed E-state index contributed by atoms with van der Waals surface area (Å²) in [5.74, 6) is 0. The molecule has 0 atom stereocenters. The van der Waals surface area contributed by atoms with Crippen molar-refractivity contribution >= 4 is 46.4 Å². The molecule has 3 aromatic rings. The van der Waals surface area contributed by atoms with E-state index in [9.17, 15) is 0 Å². The molecule has 3 aromatic heterocycles. The number of nitrogens with one attached hydrogen (secondary N) is 2. The molecule has 0 saturated heterocycles. The zero-order chi connectivity index (χ0) is 17.5. The van der Waals surface area contributed by atoms with Gasteiger partial charge in [-0.3, -0.25) is 0 Å². The van der Waals surface area contributed by atoms with Gasteiger partial charge in [0, 0.05) is 22.1 Å². The third-order valence-corrected chi connectivity index (χ3v) is 4.64. The molecule has 0 fully saturated rings. The van der Waals surface area contributed by atoms with Crippen molar-refractivity contribution in [2.75, 3.05) is 0 Å². The van der Waals surface area contributed by atoms with Gasteiger partial charge in [0.2, 0.25) is 0 Å². The highest BCUT2D eigenvalue weighted by Gasteiger charge is 2.03. The monoisotopic (exact) mass is 338 g/mol. The van der Waals surface area contributed by atoms with Gasteiger partial charge in [0.25, 0.3) is 0 Å². The van der Waals surface area contributed by atoms with E-state index in [1.165, 1.54) is 5.56 Å². The molecule has 0 amide bonds. The number of nitrogens with zero attached hydrogens (tertiary/aromatic N) is 2. The van der Waals surface area contributed by atoms with Crippen molar-refractivity contribution in [2.45, 2.75) is 13.3 Å². The summed E-state index contributed by atoms with van der Waals surface area (Å²) in [5.41, 5.74) is 9.32. The van der Waals surface area contributed by atoms with Gasteiger partial charge < -0.3 is 9.97 Å². The summed E-state index contributed by atoms with van der Waals surface area (Å²) in [6.45, 7) is 2.17. The summed E-state index contributed by atoms with van der Waals surface area (Å²) in [5, 5.41) is 0. The van der Waals surface area contributed by atoms with Gasteiger partial charge >= 0.3 is 0 Å². The van der Waals surface area contributed by atoms with E-state index in [4.69, 9.17) is 0 Å². The number of aryl methyl sites for hydroxylation is 1. The van der Waals surface area contributed by atoms with E-state index < -0.39 is 0 Å². The molecule has 5 heterocycles. The van der Waals surface area contributed by atoms with Gasteiger partial charge in [0.1, 0.15) is 0 Å². The second kappa shape index (κ2) is 5.85. The number of H-pyrrole nitrogens is 2. The van der Waals surface area contributed by atoms with Gasteiger partial charge in [-0.1, -0.05) is 6.92 Å². The Hall–Kier alpha value is -3.40. The summed E-state index contributed by atoms with van der Waals surface area (Å²) in [6.07, 6.45) is 9.07. The van der Waals surface area contributed by atoms with Crippen LogP contribution in [0.25, 0.3) is 46.4 Å². The molecular weight excluding hydrogens is 320 g/mol. The fraction of sp³-hybridized carbons (Fsp3) is 0.0909. The van der Waals surface area contributed by atoms with Crippen molar-refractivity contribution in [3.63, 3.8) is 0 Å². The molecule has 2 aliphatic heterocycles. The lowest BCUT2D eigenvalue weighted by Crippen LogP contribution is -1.77. The molecule has 0 radical (unpaired) electrons. The maximum Gasteiger partial charge on any atom is 0.0659 e. The molecule has 0 saturated carbocycles. The topological polar surface area (TPSA) is 57.4 Å². The summed E-state index contributed by atoms with van der Waals surface area (Å²) in [7, 11) is 0. The first-order valence-corrected chi connectivity index (χ1v) is 8.82. The number of hydrogen-bond donors (Lipinski definition) is 2. The van der Waals surface area contributed by atoms with E-state index in [2.05, 4.69) is 63.3 Å². The lowest BCUT2D eigenvalue weighted by Gasteiger charge is -1.88. The van der Waals surface area contributed by atoms with E-state index in [-0.39, 0.29) is 0 Å². The lowest BCUT2D eigenvalue weighted by atomic mass is 10.2. The zero-order valence-corrected chi connectivity index (χ0v) is 14.5. The van der Waals surface area contributed by atoms with E-state index in [1.807, 2.05) is 30.4 Å². The first-order chi connectivity index (χ1) is 12.7. The summed E-state index contributed by atoms with van der Waals surface area (Å²) < 4.78 is 0. The second-order valence-corrected chi connectivity index (χ2v) is 6.55.